The zero-order valence-electron chi connectivity index (χ0n) is 6.60. The molecule has 0 aliphatic carbocycles. The van der Waals surface area contributed by atoms with E-state index in [-0.39, 0.29) is 4.90 Å². The van der Waals surface area contributed by atoms with Crippen molar-refractivity contribution in [1.82, 2.24) is 0 Å². The van der Waals surface area contributed by atoms with Gasteiger partial charge < -0.3 is 5.32 Å². The summed E-state index contributed by atoms with van der Waals surface area (Å²) < 4.78 is 21.8. The molecule has 3 N–H and O–H groups in total. The molecule has 1 rings (SSSR count). The predicted molar refractivity (Wildman–Crippen MR) is 55.1 cm³/mol. The van der Waals surface area contributed by atoms with Gasteiger partial charge in [0.1, 0.15) is 0 Å². The van der Waals surface area contributed by atoms with Crippen LogP contribution >= 0.6 is 12.2 Å². The predicted octanol–water partition coefficient (Wildman–Crippen LogP) is 0.703. The van der Waals surface area contributed by atoms with Gasteiger partial charge in [0.25, 0.3) is 0 Å². The van der Waals surface area contributed by atoms with Crippen LogP contribution in [0.5, 0.6) is 0 Å². The highest BCUT2D eigenvalue weighted by atomic mass is 32.2. The summed E-state index contributed by atoms with van der Waals surface area (Å²) in [6.07, 6.45) is 0. The lowest BCUT2D eigenvalue weighted by Gasteiger charge is -2.01. The number of hydrogen-bond donors (Lipinski definition) is 2. The zero-order valence-corrected chi connectivity index (χ0v) is 8.23. The average Bonchev–Trinajstić information content (AvgIpc) is 2.04. The maximum atomic E-state index is 10.9. The van der Waals surface area contributed by atoms with Gasteiger partial charge in [-0.1, -0.05) is 18.3 Å². The summed E-state index contributed by atoms with van der Waals surface area (Å²) in [6.45, 7) is 0. The van der Waals surface area contributed by atoms with Crippen LogP contribution < -0.4 is 10.5 Å². The van der Waals surface area contributed by atoms with Gasteiger partial charge in [-0.3, -0.25) is 0 Å². The molecule has 0 atom stereocenters. The minimum Gasteiger partial charge on any atom is -0.353 e. The van der Waals surface area contributed by atoms with Crippen LogP contribution in [0.25, 0.3) is 0 Å². The first-order chi connectivity index (χ1) is 6.04. The fourth-order valence-corrected chi connectivity index (χ4v) is 1.53. The molecule has 0 heterocycles. The van der Waals surface area contributed by atoms with Crippen LogP contribution in [0.1, 0.15) is 0 Å². The Hall–Kier alpha value is -0.980. The van der Waals surface area contributed by atoms with Gasteiger partial charge in [-0.25, -0.2) is 13.6 Å². The van der Waals surface area contributed by atoms with Gasteiger partial charge in [0.15, 0.2) is 0 Å². The maximum Gasteiger partial charge on any atom is 0.238 e. The van der Waals surface area contributed by atoms with E-state index in [9.17, 15) is 8.42 Å². The number of thiocarbonyl (C=S) groups is 1. The second-order valence-corrected chi connectivity index (χ2v) is 4.13. The molecular formula is C7H8N2O2S2. The van der Waals surface area contributed by atoms with Crippen molar-refractivity contribution in [3.63, 3.8) is 0 Å². The van der Waals surface area contributed by atoms with Crippen LogP contribution in [0.3, 0.4) is 0 Å². The molecule has 0 unspecified atom stereocenters. The number of hydrogen-bond acceptors (Lipinski definition) is 3. The third kappa shape index (κ3) is 2.76. The van der Waals surface area contributed by atoms with E-state index in [1.165, 1.54) is 17.6 Å². The second-order valence-electron chi connectivity index (χ2n) is 2.34. The number of sulfonamides is 1. The summed E-state index contributed by atoms with van der Waals surface area (Å²) in [5, 5.41) is 7.62. The van der Waals surface area contributed by atoms with Crippen molar-refractivity contribution in [3.05, 3.63) is 24.3 Å². The summed E-state index contributed by atoms with van der Waals surface area (Å²) in [6, 6.07) is 6.11. The summed E-state index contributed by atoms with van der Waals surface area (Å²) in [5.41, 5.74) is 1.89. The second kappa shape index (κ2) is 3.82. The zero-order chi connectivity index (χ0) is 9.90. The number of nitrogens with two attached hydrogens (primary N) is 1. The molecule has 13 heavy (non-hydrogen) atoms. The Labute approximate surface area is 81.8 Å². The van der Waals surface area contributed by atoms with Gasteiger partial charge >= 0.3 is 0 Å². The summed E-state index contributed by atoms with van der Waals surface area (Å²) in [4.78, 5) is 0.0642. The minimum absolute atomic E-state index is 0.0642. The lowest BCUT2D eigenvalue weighted by molar-refractivity contribution is 0.598. The molecule has 0 amide bonds. The normalized spacial score (nSPS) is 10.8. The van der Waals surface area contributed by atoms with Crippen LogP contribution in [0.15, 0.2) is 29.2 Å². The molecule has 6 heteroatoms. The molecule has 0 aliphatic rings. The quantitative estimate of drug-likeness (QED) is 0.730. The Morgan fingerprint density at radius 3 is 2.69 bits per heavy atom. The molecule has 4 nitrogen and oxygen atoms in total. The summed E-state index contributed by atoms with van der Waals surface area (Å²) in [5.74, 6) is 0. The highest BCUT2D eigenvalue weighted by molar-refractivity contribution is 7.89. The Morgan fingerprint density at radius 1 is 1.46 bits per heavy atom. The van der Waals surface area contributed by atoms with Crippen molar-refractivity contribution in [2.75, 3.05) is 5.32 Å². The van der Waals surface area contributed by atoms with E-state index >= 15 is 0 Å². The standard InChI is InChI=1S/C7H8N2O2S2/c8-13(10,11)7-3-1-2-6(4-7)9-5-12/h1-5H,(H,9,12)(H2,8,10,11). The summed E-state index contributed by atoms with van der Waals surface area (Å²) >= 11 is 4.55. The van der Waals surface area contributed by atoms with Gasteiger partial charge in [-0.05, 0) is 18.2 Å². The largest absolute Gasteiger partial charge is 0.353 e. The van der Waals surface area contributed by atoms with Crippen molar-refractivity contribution < 1.29 is 8.42 Å². The molecule has 0 aromatic heterocycles. The van der Waals surface area contributed by atoms with E-state index in [1.54, 1.807) is 12.1 Å². The van der Waals surface area contributed by atoms with E-state index in [1.807, 2.05) is 0 Å². The molecule has 1 aromatic rings. The molecule has 0 aliphatic heterocycles. The SMILES string of the molecule is NS(=O)(=O)c1cccc(NC=S)c1. The Morgan fingerprint density at radius 2 is 2.15 bits per heavy atom. The van der Waals surface area contributed by atoms with Crippen molar-refractivity contribution in [2.24, 2.45) is 5.14 Å². The minimum atomic E-state index is -3.63. The third-order valence-corrected chi connectivity index (χ3v) is 2.42. The number of nitrogens with one attached hydrogen (secondary N) is 1. The first kappa shape index (κ1) is 10.1. The molecule has 0 bridgehead atoms. The van der Waals surface area contributed by atoms with Gasteiger partial charge in [-0.15, -0.1) is 0 Å². The van der Waals surface area contributed by atoms with E-state index < -0.39 is 10.0 Å². The van der Waals surface area contributed by atoms with E-state index in [0.717, 1.165) is 0 Å². The van der Waals surface area contributed by atoms with E-state index in [4.69, 9.17) is 5.14 Å². The van der Waals surface area contributed by atoms with E-state index in [2.05, 4.69) is 17.5 Å². The monoisotopic (exact) mass is 216 g/mol. The van der Waals surface area contributed by atoms with Crippen molar-refractivity contribution in [3.8, 4) is 0 Å². The topological polar surface area (TPSA) is 72.2 Å². The Kier molecular flexibility index (Phi) is 2.97. The van der Waals surface area contributed by atoms with Gasteiger partial charge in [0.2, 0.25) is 10.0 Å². The van der Waals surface area contributed by atoms with Crippen molar-refractivity contribution in [2.45, 2.75) is 4.90 Å². The lowest BCUT2D eigenvalue weighted by atomic mass is 10.3. The smallest absolute Gasteiger partial charge is 0.238 e. The molecular weight excluding hydrogens is 208 g/mol. The molecule has 0 fully saturated rings. The van der Waals surface area contributed by atoms with E-state index in [0.29, 0.717) is 5.69 Å². The summed E-state index contributed by atoms with van der Waals surface area (Å²) in [7, 11) is -3.63. The fraction of sp³-hybridized carbons (Fsp3) is 0. The molecule has 0 radical (unpaired) electrons. The van der Waals surface area contributed by atoms with Gasteiger partial charge in [0.05, 0.1) is 10.4 Å². The van der Waals surface area contributed by atoms with Crippen molar-refractivity contribution >= 4 is 33.4 Å². The molecule has 0 saturated heterocycles. The molecule has 0 spiro atoms. The maximum absolute atomic E-state index is 10.9. The number of anilines is 1. The number of benzene rings is 1. The average molecular weight is 216 g/mol. The number of rotatable bonds is 3. The highest BCUT2D eigenvalue weighted by Crippen LogP contribution is 2.12. The Balaban J connectivity index is 3.13. The first-order valence-corrected chi connectivity index (χ1v) is 5.39. The van der Waals surface area contributed by atoms with Crippen LogP contribution in [0.2, 0.25) is 0 Å². The fourth-order valence-electron chi connectivity index (χ4n) is 0.831. The molecule has 70 valence electrons. The van der Waals surface area contributed by atoms with Crippen molar-refractivity contribution in [1.29, 1.82) is 0 Å². The van der Waals surface area contributed by atoms with Crippen LogP contribution in [-0.2, 0) is 10.0 Å². The van der Waals surface area contributed by atoms with Gasteiger partial charge in [-0.2, -0.15) is 0 Å². The highest BCUT2D eigenvalue weighted by Gasteiger charge is 2.06. The van der Waals surface area contributed by atoms with Crippen LogP contribution in [0, 0.1) is 0 Å². The molecule has 1 aromatic carbocycles. The number of primary sulfonamides is 1. The third-order valence-electron chi connectivity index (χ3n) is 1.39. The first-order valence-electron chi connectivity index (χ1n) is 3.37. The Bertz CT molecular complexity index is 414. The van der Waals surface area contributed by atoms with Crippen LogP contribution in [-0.4, -0.2) is 13.9 Å². The van der Waals surface area contributed by atoms with Gasteiger partial charge in [0, 0.05) is 5.69 Å². The van der Waals surface area contributed by atoms with Crippen LogP contribution in [0.4, 0.5) is 5.69 Å². The lowest BCUT2D eigenvalue weighted by Crippen LogP contribution is -2.12. The molecule has 0 saturated carbocycles.